The van der Waals surface area contributed by atoms with Crippen LogP contribution in [0.5, 0.6) is 0 Å². The van der Waals surface area contributed by atoms with E-state index in [4.69, 9.17) is 4.74 Å². The van der Waals surface area contributed by atoms with Crippen LogP contribution in [0.4, 0.5) is 5.69 Å². The minimum absolute atomic E-state index is 0.551. The molecule has 1 N–H and O–H groups in total. The number of benzene rings is 1. The average molecular weight is 268 g/mol. The lowest BCUT2D eigenvalue weighted by molar-refractivity contribution is 0.0904. The first kappa shape index (κ1) is 13.1. The van der Waals surface area contributed by atoms with E-state index in [9.17, 15) is 0 Å². The van der Waals surface area contributed by atoms with Gasteiger partial charge in [-0.1, -0.05) is 12.1 Å². The Morgan fingerprint density at radius 2 is 1.60 bits per heavy atom. The standard InChI is InChI=1S/C17H20N2O/c1-3-16(19-17-7-11-20-12-8-17)4-2-14(1)13-15-5-9-18-10-6-15/h1-6,9-10,17,19H,7-8,11-13H2. The van der Waals surface area contributed by atoms with Gasteiger partial charge in [-0.25, -0.2) is 0 Å². The molecule has 104 valence electrons. The molecule has 2 aromatic rings. The van der Waals surface area contributed by atoms with E-state index in [1.54, 1.807) is 0 Å². The summed E-state index contributed by atoms with van der Waals surface area (Å²) >= 11 is 0. The van der Waals surface area contributed by atoms with E-state index in [0.717, 1.165) is 32.5 Å². The molecule has 1 fully saturated rings. The van der Waals surface area contributed by atoms with E-state index < -0.39 is 0 Å². The van der Waals surface area contributed by atoms with Gasteiger partial charge in [-0.3, -0.25) is 4.98 Å². The summed E-state index contributed by atoms with van der Waals surface area (Å²) in [7, 11) is 0. The molecule has 3 heteroatoms. The van der Waals surface area contributed by atoms with Crippen LogP contribution in [0.2, 0.25) is 0 Å². The predicted molar refractivity (Wildman–Crippen MR) is 80.9 cm³/mol. The van der Waals surface area contributed by atoms with Crippen molar-refractivity contribution >= 4 is 5.69 Å². The van der Waals surface area contributed by atoms with Crippen molar-refractivity contribution in [2.24, 2.45) is 0 Å². The van der Waals surface area contributed by atoms with Gasteiger partial charge in [-0.15, -0.1) is 0 Å². The van der Waals surface area contributed by atoms with E-state index >= 15 is 0 Å². The van der Waals surface area contributed by atoms with Gasteiger partial charge in [0.25, 0.3) is 0 Å². The minimum atomic E-state index is 0.551. The number of pyridine rings is 1. The molecule has 3 rings (SSSR count). The van der Waals surface area contributed by atoms with Crippen molar-refractivity contribution < 1.29 is 4.74 Å². The van der Waals surface area contributed by atoms with Crippen molar-refractivity contribution in [1.82, 2.24) is 4.98 Å². The highest BCUT2D eigenvalue weighted by molar-refractivity contribution is 5.46. The van der Waals surface area contributed by atoms with E-state index in [2.05, 4.69) is 46.7 Å². The second kappa shape index (κ2) is 6.53. The fourth-order valence-corrected chi connectivity index (χ4v) is 2.53. The van der Waals surface area contributed by atoms with Gasteiger partial charge in [0, 0.05) is 37.3 Å². The molecule has 3 nitrogen and oxygen atoms in total. The Morgan fingerprint density at radius 1 is 0.950 bits per heavy atom. The highest BCUT2D eigenvalue weighted by Gasteiger charge is 2.12. The minimum Gasteiger partial charge on any atom is -0.382 e. The molecule has 0 radical (unpaired) electrons. The summed E-state index contributed by atoms with van der Waals surface area (Å²) in [5.41, 5.74) is 3.83. The fourth-order valence-electron chi connectivity index (χ4n) is 2.53. The topological polar surface area (TPSA) is 34.1 Å². The van der Waals surface area contributed by atoms with Crippen LogP contribution >= 0.6 is 0 Å². The molecule has 20 heavy (non-hydrogen) atoms. The van der Waals surface area contributed by atoms with Crippen LogP contribution in [0.1, 0.15) is 24.0 Å². The Labute approximate surface area is 120 Å². The van der Waals surface area contributed by atoms with Gasteiger partial charge in [0.1, 0.15) is 0 Å². The lowest BCUT2D eigenvalue weighted by atomic mass is 10.0. The first-order valence-electron chi connectivity index (χ1n) is 7.22. The third kappa shape index (κ3) is 3.58. The second-order valence-electron chi connectivity index (χ2n) is 5.26. The molecule has 0 amide bonds. The Kier molecular flexibility index (Phi) is 4.28. The molecule has 1 saturated heterocycles. The highest BCUT2D eigenvalue weighted by atomic mass is 16.5. The molecule has 0 atom stereocenters. The molecule has 0 spiro atoms. The van der Waals surface area contributed by atoms with Crippen LogP contribution in [-0.4, -0.2) is 24.2 Å². The summed E-state index contributed by atoms with van der Waals surface area (Å²) < 4.78 is 5.38. The maximum absolute atomic E-state index is 5.38. The van der Waals surface area contributed by atoms with E-state index in [1.807, 2.05) is 12.4 Å². The van der Waals surface area contributed by atoms with Crippen LogP contribution in [0.3, 0.4) is 0 Å². The van der Waals surface area contributed by atoms with Crippen LogP contribution in [0, 0.1) is 0 Å². The zero-order valence-electron chi connectivity index (χ0n) is 11.6. The van der Waals surface area contributed by atoms with Crippen molar-refractivity contribution in [3.05, 3.63) is 59.9 Å². The summed E-state index contributed by atoms with van der Waals surface area (Å²) in [6, 6.07) is 13.4. The smallest absolute Gasteiger partial charge is 0.0485 e. The number of rotatable bonds is 4. The van der Waals surface area contributed by atoms with Crippen molar-refractivity contribution in [1.29, 1.82) is 0 Å². The van der Waals surface area contributed by atoms with Gasteiger partial charge in [0.15, 0.2) is 0 Å². The van der Waals surface area contributed by atoms with Crippen molar-refractivity contribution in [2.75, 3.05) is 18.5 Å². The van der Waals surface area contributed by atoms with Crippen LogP contribution < -0.4 is 5.32 Å². The molecular weight excluding hydrogens is 248 g/mol. The summed E-state index contributed by atoms with van der Waals surface area (Å²) in [4.78, 5) is 4.05. The number of aromatic nitrogens is 1. The quantitative estimate of drug-likeness (QED) is 0.924. The van der Waals surface area contributed by atoms with Gasteiger partial charge in [-0.05, 0) is 54.7 Å². The van der Waals surface area contributed by atoms with Gasteiger partial charge in [0.2, 0.25) is 0 Å². The normalized spacial score (nSPS) is 16.0. The highest BCUT2D eigenvalue weighted by Crippen LogP contribution is 2.17. The maximum Gasteiger partial charge on any atom is 0.0485 e. The molecule has 1 aromatic carbocycles. The third-order valence-electron chi connectivity index (χ3n) is 3.70. The fraction of sp³-hybridized carbons (Fsp3) is 0.353. The molecule has 0 unspecified atom stereocenters. The maximum atomic E-state index is 5.38. The number of hydrogen-bond acceptors (Lipinski definition) is 3. The third-order valence-corrected chi connectivity index (χ3v) is 3.70. The molecule has 0 aliphatic carbocycles. The molecule has 1 aliphatic rings. The number of nitrogens with zero attached hydrogens (tertiary/aromatic N) is 1. The summed E-state index contributed by atoms with van der Waals surface area (Å²) in [6.07, 6.45) is 6.84. The number of nitrogens with one attached hydrogen (secondary N) is 1. The first-order chi connectivity index (χ1) is 9.90. The van der Waals surface area contributed by atoms with E-state index in [0.29, 0.717) is 6.04 Å². The Hall–Kier alpha value is -1.87. The number of hydrogen-bond donors (Lipinski definition) is 1. The van der Waals surface area contributed by atoms with E-state index in [-0.39, 0.29) is 0 Å². The average Bonchev–Trinajstić information content (AvgIpc) is 2.51. The Bertz CT molecular complexity index is 518. The van der Waals surface area contributed by atoms with Gasteiger partial charge in [-0.2, -0.15) is 0 Å². The van der Waals surface area contributed by atoms with Gasteiger partial charge < -0.3 is 10.1 Å². The van der Waals surface area contributed by atoms with Crippen LogP contribution in [0.15, 0.2) is 48.8 Å². The summed E-state index contributed by atoms with van der Waals surface area (Å²) in [5, 5.41) is 3.58. The largest absolute Gasteiger partial charge is 0.382 e. The van der Waals surface area contributed by atoms with Gasteiger partial charge in [0.05, 0.1) is 0 Å². The molecular formula is C17H20N2O. The molecule has 0 bridgehead atoms. The zero-order valence-corrected chi connectivity index (χ0v) is 11.6. The van der Waals surface area contributed by atoms with Crippen LogP contribution in [0.25, 0.3) is 0 Å². The molecule has 1 aliphatic heterocycles. The molecule has 0 saturated carbocycles. The van der Waals surface area contributed by atoms with Crippen LogP contribution in [-0.2, 0) is 11.2 Å². The lowest BCUT2D eigenvalue weighted by Gasteiger charge is -2.24. The Balaban J connectivity index is 1.59. The SMILES string of the molecule is c1cc(Cc2ccc(NC3CCOCC3)cc2)ccn1. The molecule has 1 aromatic heterocycles. The van der Waals surface area contributed by atoms with Crippen molar-refractivity contribution in [3.8, 4) is 0 Å². The predicted octanol–water partition coefficient (Wildman–Crippen LogP) is 3.26. The second-order valence-corrected chi connectivity index (χ2v) is 5.26. The first-order valence-corrected chi connectivity index (χ1v) is 7.22. The monoisotopic (exact) mass is 268 g/mol. The zero-order chi connectivity index (χ0) is 13.6. The number of ether oxygens (including phenoxy) is 1. The molecule has 2 heterocycles. The Morgan fingerprint density at radius 3 is 2.30 bits per heavy atom. The lowest BCUT2D eigenvalue weighted by Crippen LogP contribution is -2.27. The van der Waals surface area contributed by atoms with Crippen molar-refractivity contribution in [3.63, 3.8) is 0 Å². The van der Waals surface area contributed by atoms with Gasteiger partial charge >= 0.3 is 0 Å². The van der Waals surface area contributed by atoms with Crippen molar-refractivity contribution in [2.45, 2.75) is 25.3 Å². The summed E-state index contributed by atoms with van der Waals surface area (Å²) in [6.45, 7) is 1.75. The summed E-state index contributed by atoms with van der Waals surface area (Å²) in [5.74, 6) is 0. The van der Waals surface area contributed by atoms with E-state index in [1.165, 1.54) is 16.8 Å². The number of anilines is 1.